The van der Waals surface area contributed by atoms with Gasteiger partial charge in [0.1, 0.15) is 5.37 Å². The van der Waals surface area contributed by atoms with E-state index in [2.05, 4.69) is 10.4 Å². The molecule has 114 valence electrons. The topological polar surface area (TPSA) is 64.9 Å². The molecule has 0 radical (unpaired) electrons. The average Bonchev–Trinajstić information content (AvgIpc) is 2.81. The number of carbonyl (C=O) groups is 1. The Kier molecular flexibility index (Phi) is 4.43. The van der Waals surface area contributed by atoms with Gasteiger partial charge >= 0.3 is 6.18 Å². The van der Waals surface area contributed by atoms with Crippen LogP contribution >= 0.6 is 11.8 Å². The predicted molar refractivity (Wildman–Crippen MR) is 73.7 cm³/mol. The lowest BCUT2D eigenvalue weighted by molar-refractivity contribution is -0.125. The van der Waals surface area contributed by atoms with Crippen LogP contribution in [0.5, 0.6) is 0 Å². The summed E-state index contributed by atoms with van der Waals surface area (Å²) < 4.78 is 37.7. The van der Waals surface area contributed by atoms with E-state index in [1.165, 1.54) is 7.05 Å². The monoisotopic (exact) mass is 319 g/mol. The van der Waals surface area contributed by atoms with Crippen LogP contribution in [0.2, 0.25) is 0 Å². The van der Waals surface area contributed by atoms with Crippen molar-refractivity contribution in [2.75, 3.05) is 12.4 Å². The summed E-state index contributed by atoms with van der Waals surface area (Å²) in [4.78, 5) is 11.9. The highest BCUT2D eigenvalue weighted by Gasteiger charge is 2.46. The lowest BCUT2D eigenvalue weighted by atomic mass is 10.2. The Labute approximate surface area is 122 Å². The molecule has 0 spiro atoms. The molecule has 2 atom stereocenters. The van der Waals surface area contributed by atoms with Crippen molar-refractivity contribution in [3.8, 4) is 0 Å². The molecule has 1 aliphatic heterocycles. The molecule has 1 heterocycles. The summed E-state index contributed by atoms with van der Waals surface area (Å²) in [6.07, 6.45) is -6.24. The van der Waals surface area contributed by atoms with Crippen LogP contribution in [-0.4, -0.2) is 45.8 Å². The number of likely N-dealkylation sites (N-methyl/N-ethyl adjacent to an activating group) is 1. The number of carbonyl (C=O) groups excluding carboxylic acids is 1. The second-order valence-electron chi connectivity index (χ2n) is 4.29. The van der Waals surface area contributed by atoms with Gasteiger partial charge in [-0.1, -0.05) is 30.0 Å². The Bertz CT molecular complexity index is 550. The largest absolute Gasteiger partial charge is 0.441 e. The van der Waals surface area contributed by atoms with Crippen LogP contribution < -0.4 is 5.32 Å². The zero-order chi connectivity index (χ0) is 15.6. The Balaban J connectivity index is 2.01. The first-order chi connectivity index (χ1) is 9.79. The molecule has 1 aliphatic rings. The Morgan fingerprint density at radius 1 is 1.43 bits per heavy atom. The summed E-state index contributed by atoms with van der Waals surface area (Å²) in [6.45, 7) is 0. The van der Waals surface area contributed by atoms with E-state index in [4.69, 9.17) is 0 Å². The zero-order valence-electron chi connectivity index (χ0n) is 10.8. The molecule has 9 heteroatoms. The predicted octanol–water partition coefficient (Wildman–Crippen LogP) is 1.87. The van der Waals surface area contributed by atoms with Crippen molar-refractivity contribution in [1.29, 1.82) is 0 Å². The Morgan fingerprint density at radius 3 is 2.57 bits per heavy atom. The molecule has 21 heavy (non-hydrogen) atoms. The minimum absolute atomic E-state index is 0.313. The molecule has 0 aliphatic carbocycles. The van der Waals surface area contributed by atoms with E-state index in [9.17, 15) is 23.1 Å². The molecule has 1 amide bonds. The number of halogens is 3. The normalized spacial score (nSPS) is 20.1. The fourth-order valence-electron chi connectivity index (χ4n) is 1.67. The van der Waals surface area contributed by atoms with Gasteiger partial charge in [0.15, 0.2) is 11.1 Å². The van der Waals surface area contributed by atoms with Crippen LogP contribution in [0.4, 0.5) is 18.9 Å². The lowest BCUT2D eigenvalue weighted by Gasteiger charge is -2.22. The number of aliphatic hydroxyl groups is 1. The highest BCUT2D eigenvalue weighted by molar-refractivity contribution is 8.14. The van der Waals surface area contributed by atoms with Gasteiger partial charge in [-0.05, 0) is 12.1 Å². The van der Waals surface area contributed by atoms with E-state index in [0.717, 1.165) is 5.01 Å². The quantitative estimate of drug-likeness (QED) is 0.893. The summed E-state index contributed by atoms with van der Waals surface area (Å²) in [6, 6.07) is 8.32. The smallest absolute Gasteiger partial charge is 0.380 e. The summed E-state index contributed by atoms with van der Waals surface area (Å²) in [5, 5.41) is 14.4. The van der Waals surface area contributed by atoms with E-state index < -0.39 is 28.6 Å². The third-order valence-electron chi connectivity index (χ3n) is 2.67. The average molecular weight is 319 g/mol. The number of hydrogen-bond acceptors (Lipinski definition) is 5. The first-order valence-corrected chi connectivity index (χ1v) is 6.76. The molecule has 0 fully saturated rings. The molecule has 0 bridgehead atoms. The SMILES string of the molecule is CN1N=C(C(F)(F)F)SC1C(O)C(=O)Nc1ccccc1. The molecular formula is C12H12F3N3O2S. The van der Waals surface area contributed by atoms with Gasteiger partial charge in [0, 0.05) is 12.7 Å². The number of aliphatic hydroxyl groups excluding tert-OH is 1. The first-order valence-electron chi connectivity index (χ1n) is 5.88. The number of thioether (sulfide) groups is 1. The van der Waals surface area contributed by atoms with Gasteiger partial charge in [-0.25, -0.2) is 0 Å². The van der Waals surface area contributed by atoms with Crippen LogP contribution in [0.25, 0.3) is 0 Å². The fraction of sp³-hybridized carbons (Fsp3) is 0.333. The van der Waals surface area contributed by atoms with Crippen LogP contribution in [0.1, 0.15) is 0 Å². The number of amides is 1. The number of rotatable bonds is 3. The van der Waals surface area contributed by atoms with Crippen LogP contribution in [-0.2, 0) is 4.79 Å². The minimum Gasteiger partial charge on any atom is -0.380 e. The third kappa shape index (κ3) is 3.67. The van der Waals surface area contributed by atoms with E-state index in [1.807, 2.05) is 0 Å². The summed E-state index contributed by atoms with van der Waals surface area (Å²) in [5.74, 6) is -0.788. The molecule has 2 N–H and O–H groups in total. The number of benzene rings is 1. The maximum absolute atomic E-state index is 12.6. The summed E-state index contributed by atoms with van der Waals surface area (Å²) in [5.41, 5.74) is 0.448. The van der Waals surface area contributed by atoms with Crippen molar-refractivity contribution in [3.05, 3.63) is 30.3 Å². The minimum atomic E-state index is -4.59. The van der Waals surface area contributed by atoms with Crippen molar-refractivity contribution in [2.24, 2.45) is 5.10 Å². The van der Waals surface area contributed by atoms with E-state index in [0.29, 0.717) is 17.4 Å². The molecule has 5 nitrogen and oxygen atoms in total. The van der Waals surface area contributed by atoms with Gasteiger partial charge < -0.3 is 10.4 Å². The molecule has 1 aromatic rings. The lowest BCUT2D eigenvalue weighted by Crippen LogP contribution is -2.42. The summed E-state index contributed by atoms with van der Waals surface area (Å²) in [7, 11) is 1.27. The van der Waals surface area contributed by atoms with E-state index >= 15 is 0 Å². The van der Waals surface area contributed by atoms with Gasteiger partial charge in [-0.2, -0.15) is 18.3 Å². The van der Waals surface area contributed by atoms with Gasteiger partial charge in [0.2, 0.25) is 0 Å². The van der Waals surface area contributed by atoms with Gasteiger partial charge in [-0.3, -0.25) is 9.80 Å². The molecule has 2 rings (SSSR count). The van der Waals surface area contributed by atoms with E-state index in [1.54, 1.807) is 30.3 Å². The number of para-hydroxylation sites is 1. The molecule has 1 aromatic carbocycles. The highest BCUT2D eigenvalue weighted by atomic mass is 32.2. The Morgan fingerprint density at radius 2 is 2.05 bits per heavy atom. The third-order valence-corrected chi connectivity index (χ3v) is 4.01. The van der Waals surface area contributed by atoms with Crippen molar-refractivity contribution in [1.82, 2.24) is 5.01 Å². The number of nitrogens with zero attached hydrogens (tertiary/aromatic N) is 2. The van der Waals surface area contributed by atoms with Gasteiger partial charge in [0.05, 0.1) is 0 Å². The summed E-state index contributed by atoms with van der Waals surface area (Å²) >= 11 is 0.313. The maximum atomic E-state index is 12.6. The molecule has 0 aromatic heterocycles. The van der Waals surface area contributed by atoms with E-state index in [-0.39, 0.29) is 0 Å². The fourth-order valence-corrected chi connectivity index (χ4v) is 2.66. The second kappa shape index (κ2) is 5.94. The standard InChI is InChI=1S/C12H12F3N3O2S/c1-18-10(21-11(17-18)12(13,14)15)8(19)9(20)16-7-5-3-2-4-6-7/h2-6,8,10,19H,1H3,(H,16,20). The molecule has 2 unspecified atom stereocenters. The molecule has 0 saturated carbocycles. The van der Waals surface area contributed by atoms with Crippen molar-refractivity contribution >= 4 is 28.4 Å². The van der Waals surface area contributed by atoms with Crippen LogP contribution in [0.3, 0.4) is 0 Å². The first kappa shape index (κ1) is 15.6. The number of hydrazone groups is 1. The maximum Gasteiger partial charge on any atom is 0.441 e. The molecule has 0 saturated heterocycles. The van der Waals surface area contributed by atoms with Gasteiger partial charge in [-0.15, -0.1) is 0 Å². The number of hydrogen-bond donors (Lipinski definition) is 2. The van der Waals surface area contributed by atoms with Gasteiger partial charge in [0.25, 0.3) is 5.91 Å². The zero-order valence-corrected chi connectivity index (χ0v) is 11.6. The highest BCUT2D eigenvalue weighted by Crippen LogP contribution is 2.35. The number of nitrogens with one attached hydrogen (secondary N) is 1. The van der Waals surface area contributed by atoms with Crippen molar-refractivity contribution in [3.63, 3.8) is 0 Å². The number of alkyl halides is 3. The van der Waals surface area contributed by atoms with Crippen LogP contribution in [0, 0.1) is 0 Å². The number of anilines is 1. The van der Waals surface area contributed by atoms with Crippen molar-refractivity contribution in [2.45, 2.75) is 17.7 Å². The molecular weight excluding hydrogens is 307 g/mol. The van der Waals surface area contributed by atoms with Crippen molar-refractivity contribution < 1.29 is 23.1 Å². The second-order valence-corrected chi connectivity index (χ2v) is 5.39. The van der Waals surface area contributed by atoms with Crippen LogP contribution in [0.15, 0.2) is 35.4 Å². The Hall–Kier alpha value is -1.74.